The third-order valence-corrected chi connectivity index (χ3v) is 6.52. The summed E-state index contributed by atoms with van der Waals surface area (Å²) in [5, 5.41) is 2.13. The van der Waals surface area contributed by atoms with Crippen LogP contribution in [0.4, 0.5) is 0 Å². The van der Waals surface area contributed by atoms with Crippen LogP contribution in [0, 0.1) is 0 Å². The Kier molecular flexibility index (Phi) is 5.97. The van der Waals surface area contributed by atoms with Gasteiger partial charge in [0.25, 0.3) is 5.56 Å². The number of halogens is 1. The van der Waals surface area contributed by atoms with E-state index in [9.17, 15) is 4.79 Å². The van der Waals surface area contributed by atoms with Gasteiger partial charge in [0.05, 0.1) is 38.0 Å². The Morgan fingerprint density at radius 2 is 1.94 bits per heavy atom. The molecule has 0 atom stereocenters. The second-order valence-corrected chi connectivity index (χ2v) is 8.34. The van der Waals surface area contributed by atoms with Crippen LogP contribution in [-0.4, -0.2) is 66.5 Å². The number of aromatic amines is 1. The van der Waals surface area contributed by atoms with Crippen LogP contribution in [0.3, 0.4) is 0 Å². The lowest BCUT2D eigenvalue weighted by molar-refractivity contribution is 0.0364. The number of fused-ring (bicyclic) bond motifs is 3. The van der Waals surface area contributed by atoms with Crippen LogP contribution in [-0.2, 0) is 11.3 Å². The number of hydrogen-bond donors (Lipinski definition) is 1. The molecule has 1 saturated heterocycles. The number of pyridine rings is 2. The van der Waals surface area contributed by atoms with E-state index < -0.39 is 0 Å². The smallest absolute Gasteiger partial charge is 0.259 e. The number of nitrogens with zero attached hydrogens (tertiary/aromatic N) is 3. The number of aromatic nitrogens is 3. The lowest BCUT2D eigenvalue weighted by Gasteiger charge is -2.27. The fourth-order valence-corrected chi connectivity index (χ4v) is 4.68. The molecule has 0 radical (unpaired) electrons. The molecule has 1 aromatic carbocycles. The van der Waals surface area contributed by atoms with Gasteiger partial charge in [-0.3, -0.25) is 9.69 Å². The van der Waals surface area contributed by atoms with Crippen LogP contribution >= 0.6 is 11.6 Å². The predicted octanol–water partition coefficient (Wildman–Crippen LogP) is 3.55. The number of morpholine rings is 1. The first kappa shape index (κ1) is 21.8. The zero-order chi connectivity index (χ0) is 22.9. The van der Waals surface area contributed by atoms with Crippen molar-refractivity contribution in [1.29, 1.82) is 0 Å². The van der Waals surface area contributed by atoms with Crippen molar-refractivity contribution in [2.45, 2.75) is 6.54 Å². The van der Waals surface area contributed by atoms with Gasteiger partial charge in [0.1, 0.15) is 17.1 Å². The second kappa shape index (κ2) is 9.05. The van der Waals surface area contributed by atoms with Crippen LogP contribution < -0.4 is 15.0 Å². The summed E-state index contributed by atoms with van der Waals surface area (Å²) >= 11 is 6.65. The number of ether oxygens (including phenoxy) is 3. The highest BCUT2D eigenvalue weighted by Crippen LogP contribution is 2.39. The van der Waals surface area contributed by atoms with Gasteiger partial charge in [0.2, 0.25) is 0 Å². The molecule has 0 unspecified atom stereocenters. The van der Waals surface area contributed by atoms with Crippen molar-refractivity contribution in [1.82, 2.24) is 19.4 Å². The summed E-state index contributed by atoms with van der Waals surface area (Å²) in [4.78, 5) is 23.9. The number of H-pyrrole nitrogens is 1. The van der Waals surface area contributed by atoms with Gasteiger partial charge in [0, 0.05) is 66.5 Å². The Hall–Kier alpha value is -3.07. The van der Waals surface area contributed by atoms with E-state index in [1.165, 1.54) is 7.11 Å². The Labute approximate surface area is 195 Å². The van der Waals surface area contributed by atoms with Crippen molar-refractivity contribution < 1.29 is 14.2 Å². The maximum Gasteiger partial charge on any atom is 0.259 e. The molecule has 4 heterocycles. The van der Waals surface area contributed by atoms with Gasteiger partial charge in [-0.25, -0.2) is 4.98 Å². The zero-order valence-electron chi connectivity index (χ0n) is 18.6. The molecule has 0 aliphatic carbocycles. The van der Waals surface area contributed by atoms with E-state index in [2.05, 4.69) is 14.9 Å². The molecule has 1 fully saturated rings. The number of nitrogens with one attached hydrogen (secondary N) is 1. The summed E-state index contributed by atoms with van der Waals surface area (Å²) in [5.74, 6) is 1.01. The fourth-order valence-electron chi connectivity index (χ4n) is 4.39. The molecule has 8 nitrogen and oxygen atoms in total. The van der Waals surface area contributed by atoms with E-state index >= 15 is 0 Å². The first-order valence-corrected chi connectivity index (χ1v) is 11.2. The van der Waals surface area contributed by atoms with E-state index in [1.807, 2.05) is 22.9 Å². The molecular weight excluding hydrogens is 444 g/mol. The summed E-state index contributed by atoms with van der Waals surface area (Å²) in [6, 6.07) is 7.27. The highest BCUT2D eigenvalue weighted by Gasteiger charge is 2.20. The summed E-state index contributed by atoms with van der Waals surface area (Å²) in [7, 11) is 3.11. The molecule has 0 bridgehead atoms. The van der Waals surface area contributed by atoms with Crippen LogP contribution in [0.15, 0.2) is 41.5 Å². The van der Waals surface area contributed by atoms with Crippen molar-refractivity contribution in [2.75, 3.05) is 47.1 Å². The number of hydrogen-bond acceptors (Lipinski definition) is 6. The normalized spacial score (nSPS) is 14.8. The third-order valence-electron chi connectivity index (χ3n) is 6.13. The average Bonchev–Trinajstić information content (AvgIpc) is 3.33. The minimum atomic E-state index is -0.123. The van der Waals surface area contributed by atoms with Crippen LogP contribution in [0.25, 0.3) is 33.1 Å². The van der Waals surface area contributed by atoms with Gasteiger partial charge in [-0.1, -0.05) is 11.6 Å². The third kappa shape index (κ3) is 3.94. The summed E-state index contributed by atoms with van der Waals surface area (Å²) in [5.41, 5.74) is 2.52. The molecule has 9 heteroatoms. The van der Waals surface area contributed by atoms with Crippen molar-refractivity contribution in [2.24, 2.45) is 0 Å². The van der Waals surface area contributed by atoms with Gasteiger partial charge < -0.3 is 23.8 Å². The van der Waals surface area contributed by atoms with Gasteiger partial charge in [-0.05, 0) is 18.2 Å². The predicted molar refractivity (Wildman–Crippen MR) is 129 cm³/mol. The maximum atomic E-state index is 13.9. The minimum Gasteiger partial charge on any atom is -0.497 e. The number of rotatable bonds is 6. The molecule has 1 N–H and O–H groups in total. The Morgan fingerprint density at radius 3 is 2.70 bits per heavy atom. The van der Waals surface area contributed by atoms with Gasteiger partial charge in [0.15, 0.2) is 0 Å². The van der Waals surface area contributed by atoms with Crippen molar-refractivity contribution >= 4 is 33.5 Å². The fraction of sp³-hybridized carbons (Fsp3) is 0.333. The Balaban J connectivity index is 1.72. The van der Waals surface area contributed by atoms with Gasteiger partial charge in [-0.15, -0.1) is 0 Å². The topological polar surface area (TPSA) is 81.6 Å². The molecule has 172 valence electrons. The van der Waals surface area contributed by atoms with Crippen molar-refractivity contribution in [3.63, 3.8) is 0 Å². The van der Waals surface area contributed by atoms with E-state index in [0.717, 1.165) is 41.6 Å². The lowest BCUT2D eigenvalue weighted by Crippen LogP contribution is -2.39. The molecule has 33 heavy (non-hydrogen) atoms. The van der Waals surface area contributed by atoms with E-state index in [4.69, 9.17) is 25.8 Å². The Bertz CT molecular complexity index is 1370. The molecule has 0 saturated carbocycles. The quantitative estimate of drug-likeness (QED) is 0.466. The van der Waals surface area contributed by atoms with E-state index in [1.54, 1.807) is 25.4 Å². The summed E-state index contributed by atoms with van der Waals surface area (Å²) in [6.45, 7) is 4.40. The summed E-state index contributed by atoms with van der Waals surface area (Å²) in [6.07, 6.45) is 3.62. The average molecular weight is 469 g/mol. The molecule has 3 aromatic heterocycles. The highest BCUT2D eigenvalue weighted by molar-refractivity contribution is 6.35. The van der Waals surface area contributed by atoms with Gasteiger partial charge in [-0.2, -0.15) is 0 Å². The summed E-state index contributed by atoms with van der Waals surface area (Å²) < 4.78 is 18.1. The lowest BCUT2D eigenvalue weighted by atomic mass is 10.0. The maximum absolute atomic E-state index is 13.9. The van der Waals surface area contributed by atoms with E-state index in [0.29, 0.717) is 47.4 Å². The first-order chi connectivity index (χ1) is 16.1. The van der Waals surface area contributed by atoms with Crippen LogP contribution in [0.1, 0.15) is 0 Å². The minimum absolute atomic E-state index is 0.123. The van der Waals surface area contributed by atoms with Crippen LogP contribution in [0.2, 0.25) is 5.02 Å². The monoisotopic (exact) mass is 468 g/mol. The molecule has 0 spiro atoms. The highest BCUT2D eigenvalue weighted by atomic mass is 35.5. The van der Waals surface area contributed by atoms with Crippen molar-refractivity contribution in [3.05, 3.63) is 52.0 Å². The number of methoxy groups -OCH3 is 2. The molecule has 4 aromatic rings. The van der Waals surface area contributed by atoms with Gasteiger partial charge >= 0.3 is 0 Å². The largest absolute Gasteiger partial charge is 0.497 e. The SMILES string of the molecule is COc1cc(OC)c(Cl)c(-c2cc3cnc4[nH]ccc4c3n(CCN3CCOCC3)c2=O)c1. The second-order valence-electron chi connectivity index (χ2n) is 7.96. The van der Waals surface area contributed by atoms with Crippen molar-refractivity contribution in [3.8, 4) is 22.6 Å². The van der Waals surface area contributed by atoms with Crippen LogP contribution in [0.5, 0.6) is 11.5 Å². The standard InChI is InChI=1S/C24H25ClN4O4/c1-31-16-12-18(21(25)20(13-16)32-2)19-11-15-14-27-23-17(3-4-26-23)22(15)29(24(19)30)6-5-28-7-9-33-10-8-28/h3-4,11-14H,5-10H2,1-2H3,(H,26,27). The zero-order valence-corrected chi connectivity index (χ0v) is 19.3. The molecule has 1 aliphatic heterocycles. The molecule has 1 aliphatic rings. The molecular formula is C24H25ClN4O4. The number of benzene rings is 1. The molecule has 0 amide bonds. The van der Waals surface area contributed by atoms with E-state index in [-0.39, 0.29) is 5.56 Å². The Morgan fingerprint density at radius 1 is 1.12 bits per heavy atom. The molecule has 5 rings (SSSR count). The first-order valence-electron chi connectivity index (χ1n) is 10.8.